The first kappa shape index (κ1) is 14.9. The molecule has 104 valence electrons. The van der Waals surface area contributed by atoms with E-state index < -0.39 is 0 Å². The molecule has 3 nitrogen and oxygen atoms in total. The van der Waals surface area contributed by atoms with Gasteiger partial charge in [0.25, 0.3) is 5.91 Å². The summed E-state index contributed by atoms with van der Waals surface area (Å²) in [6.45, 7) is 1.94. The van der Waals surface area contributed by atoms with Crippen LogP contribution in [0.15, 0.2) is 40.9 Å². The number of nitrogens with one attached hydrogen (secondary N) is 1. The number of anilines is 1. The summed E-state index contributed by atoms with van der Waals surface area (Å²) in [5, 5.41) is 3.32. The van der Waals surface area contributed by atoms with Crippen molar-refractivity contribution >= 4 is 39.1 Å². The molecular weight excluding hydrogens is 342 g/mol. The number of carbonyl (C=O) groups excluding carboxylic acids is 1. The van der Waals surface area contributed by atoms with Gasteiger partial charge in [0.15, 0.2) is 0 Å². The van der Waals surface area contributed by atoms with Gasteiger partial charge in [-0.05, 0) is 47.1 Å². The molecule has 0 aromatic heterocycles. The van der Waals surface area contributed by atoms with Crippen molar-refractivity contribution in [3.8, 4) is 5.75 Å². The third-order valence-corrected chi connectivity index (χ3v) is 3.78. The van der Waals surface area contributed by atoms with Crippen LogP contribution in [0.3, 0.4) is 0 Å². The molecule has 0 aliphatic heterocycles. The quantitative estimate of drug-likeness (QED) is 0.869. The van der Waals surface area contributed by atoms with Crippen molar-refractivity contribution < 1.29 is 9.53 Å². The zero-order valence-electron chi connectivity index (χ0n) is 11.0. The minimum atomic E-state index is -0.190. The number of rotatable bonds is 3. The average molecular weight is 355 g/mol. The van der Waals surface area contributed by atoms with Crippen LogP contribution in [0, 0.1) is 6.92 Å². The van der Waals surface area contributed by atoms with E-state index in [0.29, 0.717) is 22.0 Å². The number of hydrogen-bond acceptors (Lipinski definition) is 2. The van der Waals surface area contributed by atoms with E-state index in [9.17, 15) is 4.79 Å². The van der Waals surface area contributed by atoms with Gasteiger partial charge in [0.2, 0.25) is 0 Å². The highest BCUT2D eigenvalue weighted by molar-refractivity contribution is 9.10. The molecular formula is C15H13BrClNO2. The van der Waals surface area contributed by atoms with E-state index in [2.05, 4.69) is 21.2 Å². The molecule has 0 bridgehead atoms. The van der Waals surface area contributed by atoms with E-state index in [1.165, 1.54) is 7.11 Å². The summed E-state index contributed by atoms with van der Waals surface area (Å²) in [7, 11) is 1.53. The van der Waals surface area contributed by atoms with E-state index in [1.807, 2.05) is 25.1 Å². The van der Waals surface area contributed by atoms with Crippen molar-refractivity contribution in [2.45, 2.75) is 6.92 Å². The summed E-state index contributed by atoms with van der Waals surface area (Å²) < 4.78 is 5.87. The molecule has 5 heteroatoms. The lowest BCUT2D eigenvalue weighted by molar-refractivity contribution is 0.102. The van der Waals surface area contributed by atoms with Crippen molar-refractivity contribution in [1.29, 1.82) is 0 Å². The van der Waals surface area contributed by atoms with Crippen molar-refractivity contribution in [2.75, 3.05) is 12.4 Å². The van der Waals surface area contributed by atoms with Crippen molar-refractivity contribution in [3.05, 3.63) is 57.0 Å². The second kappa shape index (κ2) is 6.29. The van der Waals surface area contributed by atoms with Gasteiger partial charge in [-0.3, -0.25) is 4.79 Å². The molecule has 0 atom stereocenters. The summed E-state index contributed by atoms with van der Waals surface area (Å²) >= 11 is 9.33. The van der Waals surface area contributed by atoms with E-state index in [-0.39, 0.29) is 5.91 Å². The topological polar surface area (TPSA) is 38.3 Å². The molecule has 1 N–H and O–H groups in total. The molecule has 0 fully saturated rings. The van der Waals surface area contributed by atoms with Crippen LogP contribution >= 0.6 is 27.5 Å². The Hall–Kier alpha value is -1.52. The van der Waals surface area contributed by atoms with Gasteiger partial charge in [0, 0.05) is 16.2 Å². The lowest BCUT2D eigenvalue weighted by Crippen LogP contribution is -2.12. The molecule has 2 rings (SSSR count). The number of carbonyl (C=O) groups is 1. The third-order valence-electron chi connectivity index (χ3n) is 2.78. The first-order valence-electron chi connectivity index (χ1n) is 5.92. The van der Waals surface area contributed by atoms with Gasteiger partial charge in [-0.15, -0.1) is 0 Å². The lowest BCUT2D eigenvalue weighted by Gasteiger charge is -2.10. The molecule has 20 heavy (non-hydrogen) atoms. The molecule has 0 heterocycles. The van der Waals surface area contributed by atoms with E-state index in [0.717, 1.165) is 10.0 Å². The molecule has 0 spiro atoms. The number of methoxy groups -OCH3 is 1. The van der Waals surface area contributed by atoms with Crippen LogP contribution in [0.5, 0.6) is 5.75 Å². The number of halogens is 2. The summed E-state index contributed by atoms with van der Waals surface area (Å²) in [6, 6.07) is 10.7. The fraction of sp³-hybridized carbons (Fsp3) is 0.133. The number of hydrogen-bond donors (Lipinski definition) is 1. The van der Waals surface area contributed by atoms with Gasteiger partial charge >= 0.3 is 0 Å². The minimum absolute atomic E-state index is 0.190. The zero-order chi connectivity index (χ0) is 14.7. The SMILES string of the molecule is COc1cc(NC(=O)c2cc(C)ccc2Br)ccc1Cl. The number of ether oxygens (including phenoxy) is 1. The lowest BCUT2D eigenvalue weighted by atomic mass is 10.1. The van der Waals surface area contributed by atoms with Crippen molar-refractivity contribution in [3.63, 3.8) is 0 Å². The van der Waals surface area contributed by atoms with Gasteiger partial charge < -0.3 is 10.1 Å². The van der Waals surface area contributed by atoms with Gasteiger partial charge in [-0.1, -0.05) is 23.2 Å². The number of amides is 1. The van der Waals surface area contributed by atoms with E-state index >= 15 is 0 Å². The Morgan fingerprint density at radius 1 is 1.25 bits per heavy atom. The van der Waals surface area contributed by atoms with Crippen LogP contribution in [-0.2, 0) is 0 Å². The molecule has 0 aliphatic carbocycles. The predicted molar refractivity (Wildman–Crippen MR) is 84.8 cm³/mol. The Balaban J connectivity index is 2.25. The highest BCUT2D eigenvalue weighted by atomic mass is 79.9. The van der Waals surface area contributed by atoms with Crippen LogP contribution in [0.1, 0.15) is 15.9 Å². The van der Waals surface area contributed by atoms with Crippen LogP contribution in [-0.4, -0.2) is 13.0 Å². The maximum atomic E-state index is 12.3. The van der Waals surface area contributed by atoms with E-state index in [4.69, 9.17) is 16.3 Å². The van der Waals surface area contributed by atoms with Gasteiger partial charge in [0.05, 0.1) is 17.7 Å². The molecule has 2 aromatic rings. The van der Waals surface area contributed by atoms with Crippen molar-refractivity contribution in [1.82, 2.24) is 0 Å². The first-order valence-corrected chi connectivity index (χ1v) is 7.09. The smallest absolute Gasteiger partial charge is 0.256 e. The molecule has 0 radical (unpaired) electrons. The fourth-order valence-electron chi connectivity index (χ4n) is 1.75. The zero-order valence-corrected chi connectivity index (χ0v) is 13.4. The second-order valence-electron chi connectivity index (χ2n) is 4.29. The number of aryl methyl sites for hydroxylation is 1. The highest BCUT2D eigenvalue weighted by Crippen LogP contribution is 2.28. The summed E-state index contributed by atoms with van der Waals surface area (Å²) in [6.07, 6.45) is 0. The predicted octanol–water partition coefficient (Wildman–Crippen LogP) is 4.67. The van der Waals surface area contributed by atoms with Crippen LogP contribution in [0.2, 0.25) is 5.02 Å². The maximum Gasteiger partial charge on any atom is 0.256 e. The van der Waals surface area contributed by atoms with Gasteiger partial charge in [0.1, 0.15) is 5.75 Å². The van der Waals surface area contributed by atoms with Gasteiger partial charge in [-0.2, -0.15) is 0 Å². The standard InChI is InChI=1S/C15H13BrClNO2/c1-9-3-5-12(16)11(7-9)15(19)18-10-4-6-13(17)14(8-10)20-2/h3-8H,1-2H3,(H,18,19). The Bertz CT molecular complexity index is 658. The monoisotopic (exact) mass is 353 g/mol. The molecule has 0 saturated heterocycles. The van der Waals surface area contributed by atoms with Crippen LogP contribution in [0.25, 0.3) is 0 Å². The Morgan fingerprint density at radius 2 is 2.00 bits per heavy atom. The van der Waals surface area contributed by atoms with Crippen LogP contribution < -0.4 is 10.1 Å². The summed E-state index contributed by atoms with van der Waals surface area (Å²) in [4.78, 5) is 12.3. The molecule has 0 unspecified atom stereocenters. The first-order chi connectivity index (χ1) is 9.51. The van der Waals surface area contributed by atoms with Crippen molar-refractivity contribution in [2.24, 2.45) is 0 Å². The maximum absolute atomic E-state index is 12.3. The summed E-state index contributed by atoms with van der Waals surface area (Å²) in [5.41, 5.74) is 2.23. The molecule has 0 saturated carbocycles. The molecule has 1 amide bonds. The average Bonchev–Trinajstić information content (AvgIpc) is 2.43. The highest BCUT2D eigenvalue weighted by Gasteiger charge is 2.11. The van der Waals surface area contributed by atoms with Crippen LogP contribution in [0.4, 0.5) is 5.69 Å². The normalized spacial score (nSPS) is 10.2. The Morgan fingerprint density at radius 3 is 2.70 bits per heavy atom. The summed E-state index contributed by atoms with van der Waals surface area (Å²) in [5.74, 6) is 0.331. The largest absolute Gasteiger partial charge is 0.495 e. The van der Waals surface area contributed by atoms with E-state index in [1.54, 1.807) is 18.2 Å². The Kier molecular flexibility index (Phi) is 4.68. The second-order valence-corrected chi connectivity index (χ2v) is 5.55. The molecule has 0 aliphatic rings. The third kappa shape index (κ3) is 3.32. The Labute approximate surface area is 131 Å². The number of benzene rings is 2. The minimum Gasteiger partial charge on any atom is -0.495 e. The van der Waals surface area contributed by atoms with Gasteiger partial charge in [-0.25, -0.2) is 0 Å². The molecule has 2 aromatic carbocycles. The fourth-order valence-corrected chi connectivity index (χ4v) is 2.37.